The van der Waals surface area contributed by atoms with Crippen LogP contribution >= 0.6 is 15.9 Å². The summed E-state index contributed by atoms with van der Waals surface area (Å²) in [6.45, 7) is 2.18. The smallest absolute Gasteiger partial charge is 0.252 e. The number of carbonyl (C=O) groups is 2. The molecule has 1 aromatic carbocycles. The minimum atomic E-state index is -0.520. The van der Waals surface area contributed by atoms with Gasteiger partial charge in [0.05, 0.1) is 5.56 Å². The molecular weight excluding hydrogens is 415 g/mol. The highest BCUT2D eigenvalue weighted by Gasteiger charge is 2.24. The van der Waals surface area contributed by atoms with Gasteiger partial charge in [-0.2, -0.15) is 0 Å². The maximum absolute atomic E-state index is 13.9. The largest absolute Gasteiger partial charge is 0.365 e. The van der Waals surface area contributed by atoms with E-state index in [1.54, 1.807) is 35.4 Å². The third-order valence-corrected chi connectivity index (χ3v) is 5.10. The number of primary amides is 1. The number of hydrogen-bond acceptors (Lipinski definition) is 4. The van der Waals surface area contributed by atoms with Crippen molar-refractivity contribution in [2.24, 2.45) is 5.73 Å². The first-order chi connectivity index (χ1) is 13.0. The minimum absolute atomic E-state index is 0.00638. The second-order valence-electron chi connectivity index (χ2n) is 6.34. The summed E-state index contributed by atoms with van der Waals surface area (Å²) in [6, 6.07) is 8.18. The lowest BCUT2D eigenvalue weighted by atomic mass is 10.1. The molecule has 0 unspecified atom stereocenters. The molecule has 1 aliphatic rings. The molecule has 0 saturated carbocycles. The van der Waals surface area contributed by atoms with Gasteiger partial charge in [-0.05, 0) is 36.2 Å². The average molecular weight is 435 g/mol. The molecule has 1 fully saturated rings. The topological polar surface area (TPSA) is 79.5 Å². The van der Waals surface area contributed by atoms with E-state index < -0.39 is 5.91 Å². The lowest BCUT2D eigenvalue weighted by Gasteiger charge is -2.36. The molecule has 3 rings (SSSR count). The van der Waals surface area contributed by atoms with Crippen LogP contribution in [-0.4, -0.2) is 47.9 Å². The lowest BCUT2D eigenvalue weighted by Crippen LogP contribution is -2.49. The van der Waals surface area contributed by atoms with Crippen molar-refractivity contribution in [3.63, 3.8) is 0 Å². The van der Waals surface area contributed by atoms with Crippen molar-refractivity contribution in [1.82, 2.24) is 9.88 Å². The molecule has 0 aliphatic carbocycles. The van der Waals surface area contributed by atoms with Crippen molar-refractivity contribution in [2.75, 3.05) is 31.1 Å². The van der Waals surface area contributed by atoms with Crippen molar-refractivity contribution < 1.29 is 14.0 Å². The Kier molecular flexibility index (Phi) is 6.05. The van der Waals surface area contributed by atoms with Crippen LogP contribution in [0.15, 0.2) is 41.0 Å². The first-order valence-electron chi connectivity index (χ1n) is 8.67. The number of nitrogens with zero attached hydrogens (tertiary/aromatic N) is 3. The van der Waals surface area contributed by atoms with Gasteiger partial charge in [0.1, 0.15) is 11.6 Å². The van der Waals surface area contributed by atoms with Crippen LogP contribution < -0.4 is 10.6 Å². The molecule has 27 heavy (non-hydrogen) atoms. The highest BCUT2D eigenvalue weighted by Crippen LogP contribution is 2.20. The Labute approximate surface area is 165 Å². The number of rotatable bonds is 5. The van der Waals surface area contributed by atoms with Crippen molar-refractivity contribution in [1.29, 1.82) is 0 Å². The second-order valence-corrected chi connectivity index (χ2v) is 7.26. The summed E-state index contributed by atoms with van der Waals surface area (Å²) in [5.41, 5.74) is 6.32. The third kappa shape index (κ3) is 4.63. The van der Waals surface area contributed by atoms with Gasteiger partial charge in [-0.25, -0.2) is 9.37 Å². The Morgan fingerprint density at radius 2 is 1.93 bits per heavy atom. The summed E-state index contributed by atoms with van der Waals surface area (Å²) in [7, 11) is 0. The predicted octanol–water partition coefficient (Wildman–Crippen LogP) is 2.36. The maximum Gasteiger partial charge on any atom is 0.252 e. The maximum atomic E-state index is 13.9. The summed E-state index contributed by atoms with van der Waals surface area (Å²) >= 11 is 3.22. The van der Waals surface area contributed by atoms with E-state index >= 15 is 0 Å². The van der Waals surface area contributed by atoms with Gasteiger partial charge in [0.15, 0.2) is 0 Å². The molecule has 8 heteroatoms. The van der Waals surface area contributed by atoms with E-state index in [0.29, 0.717) is 54.0 Å². The molecule has 0 radical (unpaired) electrons. The zero-order chi connectivity index (χ0) is 19.4. The monoisotopic (exact) mass is 434 g/mol. The highest BCUT2D eigenvalue weighted by atomic mass is 79.9. The van der Waals surface area contributed by atoms with Gasteiger partial charge >= 0.3 is 0 Å². The molecule has 2 N–H and O–H groups in total. The van der Waals surface area contributed by atoms with Gasteiger partial charge in [0, 0.05) is 43.3 Å². The zero-order valence-electron chi connectivity index (χ0n) is 14.7. The number of hydrogen-bond donors (Lipinski definition) is 1. The van der Waals surface area contributed by atoms with Gasteiger partial charge in [-0.3, -0.25) is 9.59 Å². The van der Waals surface area contributed by atoms with E-state index in [-0.39, 0.29) is 18.1 Å². The Balaban J connectivity index is 1.56. The van der Waals surface area contributed by atoms with Crippen molar-refractivity contribution in [2.45, 2.75) is 12.8 Å². The molecule has 6 nitrogen and oxygen atoms in total. The van der Waals surface area contributed by atoms with Crippen LogP contribution in [0.5, 0.6) is 0 Å². The molecule has 1 aromatic heterocycles. The average Bonchev–Trinajstić information content (AvgIpc) is 2.67. The van der Waals surface area contributed by atoms with Gasteiger partial charge < -0.3 is 15.5 Å². The second kappa shape index (κ2) is 8.47. The Bertz CT molecular complexity index is 853. The summed E-state index contributed by atoms with van der Waals surface area (Å²) in [4.78, 5) is 32.0. The Morgan fingerprint density at radius 3 is 2.59 bits per heavy atom. The number of piperazine rings is 1. The summed E-state index contributed by atoms with van der Waals surface area (Å²) in [6.07, 6.45) is 2.24. The molecule has 1 aliphatic heterocycles. The zero-order valence-corrected chi connectivity index (χ0v) is 16.3. The standard InChI is InChI=1S/C19H20BrFN4O2/c20-14-5-3-13(16(21)12-14)4-6-17(26)24-8-10-25(11-9-24)19-15(18(22)27)2-1-7-23-19/h1-3,5,7,12H,4,6,8-11H2,(H2,22,27). The molecule has 142 valence electrons. The quantitative estimate of drug-likeness (QED) is 0.782. The lowest BCUT2D eigenvalue weighted by molar-refractivity contribution is -0.131. The molecule has 1 saturated heterocycles. The fraction of sp³-hybridized carbons (Fsp3) is 0.316. The minimum Gasteiger partial charge on any atom is -0.365 e. The first kappa shape index (κ1) is 19.3. The number of anilines is 1. The van der Waals surface area contributed by atoms with Gasteiger partial charge in [-0.15, -0.1) is 0 Å². The fourth-order valence-corrected chi connectivity index (χ4v) is 3.47. The number of halogens is 2. The number of aromatic nitrogens is 1. The predicted molar refractivity (Wildman–Crippen MR) is 104 cm³/mol. The van der Waals surface area contributed by atoms with Crippen LogP contribution in [0.1, 0.15) is 22.3 Å². The molecule has 2 heterocycles. The van der Waals surface area contributed by atoms with Gasteiger partial charge in [0.25, 0.3) is 5.91 Å². The molecular formula is C19H20BrFN4O2. The number of pyridine rings is 1. The number of aryl methyl sites for hydroxylation is 1. The summed E-state index contributed by atoms with van der Waals surface area (Å²) in [5.74, 6) is -0.286. The van der Waals surface area contributed by atoms with Gasteiger partial charge in [-0.1, -0.05) is 22.0 Å². The number of nitrogens with two attached hydrogens (primary N) is 1. The number of carbonyl (C=O) groups excluding carboxylic acids is 2. The molecule has 2 amide bonds. The first-order valence-corrected chi connectivity index (χ1v) is 9.46. The summed E-state index contributed by atoms with van der Waals surface area (Å²) < 4.78 is 14.6. The van der Waals surface area contributed by atoms with Crippen molar-refractivity contribution in [3.05, 3.63) is 57.9 Å². The van der Waals surface area contributed by atoms with Crippen LogP contribution in [0.4, 0.5) is 10.2 Å². The van der Waals surface area contributed by atoms with Crippen LogP contribution in [0.2, 0.25) is 0 Å². The van der Waals surface area contributed by atoms with Crippen LogP contribution in [-0.2, 0) is 11.2 Å². The highest BCUT2D eigenvalue weighted by molar-refractivity contribution is 9.10. The van der Waals surface area contributed by atoms with Gasteiger partial charge in [0.2, 0.25) is 5.91 Å². The molecule has 0 spiro atoms. The van der Waals surface area contributed by atoms with Crippen LogP contribution in [0, 0.1) is 5.82 Å². The Hall–Kier alpha value is -2.48. The number of benzene rings is 1. The number of amides is 2. The van der Waals surface area contributed by atoms with E-state index in [2.05, 4.69) is 20.9 Å². The molecule has 2 aromatic rings. The van der Waals surface area contributed by atoms with Crippen LogP contribution in [0.25, 0.3) is 0 Å². The normalized spacial score (nSPS) is 14.3. The van der Waals surface area contributed by atoms with E-state index in [9.17, 15) is 14.0 Å². The SMILES string of the molecule is NC(=O)c1cccnc1N1CCN(C(=O)CCc2ccc(Br)cc2F)CC1. The van der Waals surface area contributed by atoms with E-state index in [4.69, 9.17) is 5.73 Å². The van der Waals surface area contributed by atoms with E-state index in [1.165, 1.54) is 6.07 Å². The van der Waals surface area contributed by atoms with E-state index in [1.807, 2.05) is 4.90 Å². The third-order valence-electron chi connectivity index (χ3n) is 4.61. The van der Waals surface area contributed by atoms with Crippen LogP contribution in [0.3, 0.4) is 0 Å². The molecule has 0 bridgehead atoms. The summed E-state index contributed by atoms with van der Waals surface area (Å²) in [5, 5.41) is 0. The Morgan fingerprint density at radius 1 is 1.19 bits per heavy atom. The fourth-order valence-electron chi connectivity index (χ4n) is 3.13. The van der Waals surface area contributed by atoms with Crippen molar-refractivity contribution in [3.8, 4) is 0 Å². The molecule has 0 atom stereocenters. The van der Waals surface area contributed by atoms with Crippen molar-refractivity contribution >= 4 is 33.6 Å². The van der Waals surface area contributed by atoms with E-state index in [0.717, 1.165) is 0 Å².